The van der Waals surface area contributed by atoms with E-state index in [1.807, 2.05) is 13.1 Å². The topological polar surface area (TPSA) is 118 Å². The van der Waals surface area contributed by atoms with Crippen LogP contribution in [0.25, 0.3) is 5.65 Å². The second-order valence-electron chi connectivity index (χ2n) is 8.24. The van der Waals surface area contributed by atoms with Gasteiger partial charge in [-0.05, 0) is 56.9 Å². The average molecular weight is 444 g/mol. The van der Waals surface area contributed by atoms with E-state index in [1.165, 1.54) is 18.4 Å². The van der Waals surface area contributed by atoms with Gasteiger partial charge >= 0.3 is 0 Å². The molecule has 1 aliphatic rings. The molecule has 166 valence electrons. The Kier molecular flexibility index (Phi) is 5.87. The Bertz CT molecular complexity index is 1160. The fourth-order valence-electron chi connectivity index (χ4n) is 3.83. The van der Waals surface area contributed by atoms with Gasteiger partial charge in [0.1, 0.15) is 0 Å². The number of hydrogen-bond acceptors (Lipinski definition) is 7. The van der Waals surface area contributed by atoms with Gasteiger partial charge in [-0.15, -0.1) is 5.10 Å². The minimum atomic E-state index is -3.47. The van der Waals surface area contributed by atoms with Crippen LogP contribution in [0.4, 0.5) is 17.2 Å². The lowest BCUT2D eigenvalue weighted by Gasteiger charge is -2.28. The van der Waals surface area contributed by atoms with Crippen molar-refractivity contribution in [3.8, 4) is 0 Å². The minimum Gasteiger partial charge on any atom is -0.366 e. The summed E-state index contributed by atoms with van der Waals surface area (Å²) in [5.41, 5.74) is 9.30. The Morgan fingerprint density at radius 1 is 1.13 bits per heavy atom. The Morgan fingerprint density at radius 2 is 1.81 bits per heavy atom. The number of aromatic nitrogens is 3. The summed E-state index contributed by atoms with van der Waals surface area (Å²) in [6, 6.07) is 7.34. The van der Waals surface area contributed by atoms with Gasteiger partial charge in [0.25, 0.3) is 0 Å². The van der Waals surface area contributed by atoms with Gasteiger partial charge < -0.3 is 16.4 Å². The number of fused-ring (bicyclic) bond motifs is 1. The molecule has 10 heteroatoms. The Labute approximate surface area is 182 Å². The predicted octanol–water partition coefficient (Wildman–Crippen LogP) is 2.71. The van der Waals surface area contributed by atoms with Crippen molar-refractivity contribution in [1.29, 1.82) is 0 Å². The molecule has 0 bridgehead atoms. The van der Waals surface area contributed by atoms with Crippen molar-refractivity contribution in [3.63, 3.8) is 0 Å². The van der Waals surface area contributed by atoms with Gasteiger partial charge in [-0.2, -0.15) is 0 Å². The molecular weight excluding hydrogens is 414 g/mol. The SMILES string of the molecule is Cc1c(NC2CCC(N)CC2)nn2ccnc2c1Nc1ccc(S(=O)(=O)N(C)C)cc1. The molecule has 2 aromatic heterocycles. The van der Waals surface area contributed by atoms with E-state index in [9.17, 15) is 8.42 Å². The van der Waals surface area contributed by atoms with Crippen LogP contribution in [0.15, 0.2) is 41.6 Å². The zero-order valence-corrected chi connectivity index (χ0v) is 18.9. The van der Waals surface area contributed by atoms with Crippen molar-refractivity contribution >= 4 is 32.9 Å². The van der Waals surface area contributed by atoms with Crippen molar-refractivity contribution < 1.29 is 8.42 Å². The summed E-state index contributed by atoms with van der Waals surface area (Å²) in [6.45, 7) is 2.01. The summed E-state index contributed by atoms with van der Waals surface area (Å²) in [7, 11) is -0.429. The maximum absolute atomic E-state index is 12.3. The molecule has 4 N–H and O–H groups in total. The van der Waals surface area contributed by atoms with Crippen LogP contribution < -0.4 is 16.4 Å². The summed E-state index contributed by atoms with van der Waals surface area (Å²) < 4.78 is 27.6. The van der Waals surface area contributed by atoms with Crippen molar-refractivity contribution in [2.45, 2.75) is 49.6 Å². The van der Waals surface area contributed by atoms with Crippen LogP contribution in [0, 0.1) is 6.92 Å². The first-order valence-corrected chi connectivity index (χ1v) is 11.9. The largest absolute Gasteiger partial charge is 0.366 e. The molecule has 1 saturated carbocycles. The van der Waals surface area contributed by atoms with E-state index in [-0.39, 0.29) is 4.90 Å². The van der Waals surface area contributed by atoms with Crippen LogP contribution in [0.3, 0.4) is 0 Å². The summed E-state index contributed by atoms with van der Waals surface area (Å²) >= 11 is 0. The number of benzene rings is 1. The van der Waals surface area contributed by atoms with Crippen molar-refractivity contribution in [1.82, 2.24) is 18.9 Å². The molecule has 0 saturated heterocycles. The molecule has 2 heterocycles. The molecule has 9 nitrogen and oxygen atoms in total. The lowest BCUT2D eigenvalue weighted by Crippen LogP contribution is -2.33. The Hall–Kier alpha value is -2.69. The number of anilines is 3. The summed E-state index contributed by atoms with van der Waals surface area (Å²) in [4.78, 5) is 4.69. The third-order valence-corrected chi connectivity index (χ3v) is 7.63. The smallest absolute Gasteiger partial charge is 0.242 e. The van der Waals surface area contributed by atoms with E-state index in [1.54, 1.807) is 35.0 Å². The van der Waals surface area contributed by atoms with Crippen LogP contribution in [-0.4, -0.2) is 53.5 Å². The fraction of sp³-hybridized carbons (Fsp3) is 0.429. The van der Waals surface area contributed by atoms with Crippen LogP contribution in [-0.2, 0) is 10.0 Å². The van der Waals surface area contributed by atoms with Gasteiger partial charge in [0.2, 0.25) is 10.0 Å². The molecule has 0 atom stereocenters. The third-order valence-electron chi connectivity index (χ3n) is 5.80. The quantitative estimate of drug-likeness (QED) is 0.536. The van der Waals surface area contributed by atoms with E-state index in [0.29, 0.717) is 17.7 Å². The van der Waals surface area contributed by atoms with E-state index in [0.717, 1.165) is 48.4 Å². The molecule has 4 rings (SSSR count). The molecule has 0 radical (unpaired) electrons. The number of imidazole rings is 1. The van der Waals surface area contributed by atoms with Gasteiger partial charge in [0, 0.05) is 49.8 Å². The lowest BCUT2D eigenvalue weighted by atomic mass is 9.92. The van der Waals surface area contributed by atoms with Gasteiger partial charge in [-0.3, -0.25) is 0 Å². The zero-order valence-electron chi connectivity index (χ0n) is 18.0. The second kappa shape index (κ2) is 8.45. The molecule has 3 aromatic rings. The van der Waals surface area contributed by atoms with Crippen LogP contribution in [0.5, 0.6) is 0 Å². The summed E-state index contributed by atoms with van der Waals surface area (Å²) in [5, 5.41) is 11.7. The van der Waals surface area contributed by atoms with Gasteiger partial charge in [0.15, 0.2) is 11.5 Å². The number of nitrogens with zero attached hydrogens (tertiary/aromatic N) is 4. The van der Waals surface area contributed by atoms with Crippen molar-refractivity contribution in [2.24, 2.45) is 5.73 Å². The van der Waals surface area contributed by atoms with E-state index < -0.39 is 10.0 Å². The zero-order chi connectivity index (χ0) is 22.2. The van der Waals surface area contributed by atoms with Gasteiger partial charge in [0.05, 0.1) is 10.6 Å². The molecule has 31 heavy (non-hydrogen) atoms. The average Bonchev–Trinajstić information content (AvgIpc) is 3.21. The number of nitrogens with one attached hydrogen (secondary N) is 2. The second-order valence-corrected chi connectivity index (χ2v) is 10.4. The highest BCUT2D eigenvalue weighted by Gasteiger charge is 2.22. The number of hydrogen-bond donors (Lipinski definition) is 3. The molecule has 0 aliphatic heterocycles. The standard InChI is InChI=1S/C21H29N7O2S/c1-14-19(24-16-8-10-18(11-9-16)31(29,30)27(2)3)21-23-12-13-28(21)26-20(14)25-17-6-4-15(22)5-7-17/h8-13,15,17,24H,4-7,22H2,1-3H3,(H,25,26). The number of nitrogens with two attached hydrogens (primary N) is 1. The molecular formula is C21H29N7O2S. The summed E-state index contributed by atoms with van der Waals surface area (Å²) in [6.07, 6.45) is 7.59. The van der Waals surface area contributed by atoms with E-state index in [2.05, 4.69) is 15.6 Å². The molecule has 1 fully saturated rings. The number of rotatable bonds is 6. The van der Waals surface area contributed by atoms with E-state index >= 15 is 0 Å². The summed E-state index contributed by atoms with van der Waals surface area (Å²) in [5.74, 6) is 0.806. The minimum absolute atomic E-state index is 0.248. The molecule has 1 aromatic carbocycles. The first-order valence-electron chi connectivity index (χ1n) is 10.4. The highest BCUT2D eigenvalue weighted by Crippen LogP contribution is 2.31. The van der Waals surface area contributed by atoms with E-state index in [4.69, 9.17) is 10.8 Å². The fourth-order valence-corrected chi connectivity index (χ4v) is 4.74. The first-order chi connectivity index (χ1) is 14.8. The Balaban J connectivity index is 1.63. The highest BCUT2D eigenvalue weighted by atomic mass is 32.2. The van der Waals surface area contributed by atoms with Crippen molar-refractivity contribution in [3.05, 3.63) is 42.2 Å². The van der Waals surface area contributed by atoms with Gasteiger partial charge in [-0.1, -0.05) is 0 Å². The first kappa shape index (κ1) is 21.5. The number of sulfonamides is 1. The third kappa shape index (κ3) is 4.36. The van der Waals surface area contributed by atoms with Crippen LogP contribution in [0.1, 0.15) is 31.2 Å². The maximum atomic E-state index is 12.3. The maximum Gasteiger partial charge on any atom is 0.242 e. The van der Waals surface area contributed by atoms with Crippen LogP contribution >= 0.6 is 0 Å². The molecule has 0 unspecified atom stereocenters. The van der Waals surface area contributed by atoms with Crippen molar-refractivity contribution in [2.75, 3.05) is 24.7 Å². The molecule has 0 spiro atoms. The molecule has 1 aliphatic carbocycles. The lowest BCUT2D eigenvalue weighted by molar-refractivity contribution is 0.410. The monoisotopic (exact) mass is 443 g/mol. The van der Waals surface area contributed by atoms with Crippen LogP contribution in [0.2, 0.25) is 0 Å². The highest BCUT2D eigenvalue weighted by molar-refractivity contribution is 7.89. The van der Waals surface area contributed by atoms with Gasteiger partial charge in [-0.25, -0.2) is 22.2 Å². The Morgan fingerprint density at radius 3 is 2.45 bits per heavy atom. The molecule has 0 amide bonds. The predicted molar refractivity (Wildman–Crippen MR) is 122 cm³/mol. The normalized spacial score (nSPS) is 19.6.